The summed E-state index contributed by atoms with van der Waals surface area (Å²) >= 11 is 0. The largest absolute Gasteiger partial charge is 0.481 e. The lowest BCUT2D eigenvalue weighted by molar-refractivity contribution is -0.137. The predicted octanol–water partition coefficient (Wildman–Crippen LogP) is 1.85. The quantitative estimate of drug-likeness (QED) is 0.920. The number of aliphatic carboxylic acids is 1. The summed E-state index contributed by atoms with van der Waals surface area (Å²) in [4.78, 5) is 39.2. The molecule has 1 aromatic carbocycles. The van der Waals surface area contributed by atoms with Crippen molar-refractivity contribution < 1.29 is 19.5 Å². The first-order valence-electron chi connectivity index (χ1n) is 7.41. The number of carbonyl (C=O) groups excluding carboxylic acids is 2. The molecule has 6 heteroatoms. The Morgan fingerprint density at radius 1 is 1.32 bits per heavy atom. The van der Waals surface area contributed by atoms with Crippen LogP contribution in [0.2, 0.25) is 0 Å². The van der Waals surface area contributed by atoms with E-state index < -0.39 is 11.6 Å². The van der Waals surface area contributed by atoms with Gasteiger partial charge < -0.3 is 10.0 Å². The van der Waals surface area contributed by atoms with Crippen molar-refractivity contribution in [3.63, 3.8) is 0 Å². The van der Waals surface area contributed by atoms with Crippen LogP contribution in [0.15, 0.2) is 24.3 Å². The number of hydrogen-bond donors (Lipinski definition) is 1. The zero-order valence-corrected chi connectivity index (χ0v) is 12.4. The van der Waals surface area contributed by atoms with E-state index in [4.69, 9.17) is 5.11 Å². The van der Waals surface area contributed by atoms with Crippen LogP contribution < -0.4 is 4.90 Å². The maximum atomic E-state index is 12.8. The predicted molar refractivity (Wildman–Crippen MR) is 79.5 cm³/mol. The summed E-state index contributed by atoms with van der Waals surface area (Å²) in [5.74, 6) is -1.01. The molecule has 0 unspecified atom stereocenters. The van der Waals surface area contributed by atoms with E-state index in [2.05, 4.69) is 0 Å². The van der Waals surface area contributed by atoms with E-state index in [1.807, 2.05) is 13.0 Å². The van der Waals surface area contributed by atoms with E-state index in [0.29, 0.717) is 37.1 Å². The molecule has 6 nitrogen and oxygen atoms in total. The minimum absolute atomic E-state index is 0.00526. The third-order valence-corrected chi connectivity index (χ3v) is 4.52. The Morgan fingerprint density at radius 2 is 2.05 bits per heavy atom. The molecule has 116 valence electrons. The second-order valence-corrected chi connectivity index (χ2v) is 5.92. The molecule has 2 heterocycles. The molecule has 0 bridgehead atoms. The van der Waals surface area contributed by atoms with Gasteiger partial charge in [-0.2, -0.15) is 0 Å². The highest BCUT2D eigenvalue weighted by atomic mass is 16.4. The molecule has 2 amide bonds. The van der Waals surface area contributed by atoms with Crippen LogP contribution in [0.1, 0.15) is 43.0 Å². The number of carboxylic acids is 1. The fourth-order valence-electron chi connectivity index (χ4n) is 3.43. The molecule has 0 aromatic heterocycles. The van der Waals surface area contributed by atoms with Gasteiger partial charge in [-0.1, -0.05) is 12.1 Å². The van der Waals surface area contributed by atoms with Crippen LogP contribution in [0.25, 0.3) is 0 Å². The number of fused-ring (bicyclic) bond motifs is 3. The van der Waals surface area contributed by atoms with Crippen molar-refractivity contribution in [1.82, 2.24) is 4.90 Å². The molecule has 1 fully saturated rings. The summed E-state index contributed by atoms with van der Waals surface area (Å²) < 4.78 is 0. The molecule has 1 saturated heterocycles. The zero-order valence-electron chi connectivity index (χ0n) is 12.4. The number of carboxylic acid groups (broad SMARTS) is 1. The number of nitrogens with zero attached hydrogens (tertiary/aromatic N) is 2. The Labute approximate surface area is 128 Å². The number of amides is 2. The Kier molecular flexibility index (Phi) is 3.39. The second-order valence-electron chi connectivity index (χ2n) is 5.92. The molecule has 0 aliphatic carbocycles. The number of carbonyl (C=O) groups is 3. The van der Waals surface area contributed by atoms with E-state index in [1.54, 1.807) is 28.0 Å². The molecular weight excluding hydrogens is 284 g/mol. The third-order valence-electron chi connectivity index (χ3n) is 4.52. The molecular formula is C16H18N2O4. The fourth-order valence-corrected chi connectivity index (χ4v) is 3.43. The van der Waals surface area contributed by atoms with E-state index in [1.165, 1.54) is 0 Å². The lowest BCUT2D eigenvalue weighted by Gasteiger charge is -2.48. The van der Waals surface area contributed by atoms with Crippen LogP contribution in [0.3, 0.4) is 0 Å². The summed E-state index contributed by atoms with van der Waals surface area (Å²) in [5, 5.41) is 8.79. The summed E-state index contributed by atoms with van der Waals surface area (Å²) in [6, 6.07) is 7.10. The minimum atomic E-state index is -0.880. The fraction of sp³-hybridized carbons (Fsp3) is 0.438. The van der Waals surface area contributed by atoms with Crippen molar-refractivity contribution >= 4 is 23.5 Å². The highest BCUT2D eigenvalue weighted by Gasteiger charge is 2.52. The van der Waals surface area contributed by atoms with Gasteiger partial charge in [-0.3, -0.25) is 19.3 Å². The molecule has 22 heavy (non-hydrogen) atoms. The smallest absolute Gasteiger partial charge is 0.303 e. The lowest BCUT2D eigenvalue weighted by Crippen LogP contribution is -2.62. The van der Waals surface area contributed by atoms with Crippen molar-refractivity contribution in [3.05, 3.63) is 29.8 Å². The number of benzene rings is 1. The molecule has 1 atom stereocenters. The molecule has 1 aromatic rings. The van der Waals surface area contributed by atoms with E-state index in [0.717, 1.165) is 0 Å². The van der Waals surface area contributed by atoms with Crippen LogP contribution in [-0.2, 0) is 9.59 Å². The van der Waals surface area contributed by atoms with Crippen molar-refractivity contribution in [3.8, 4) is 0 Å². The lowest BCUT2D eigenvalue weighted by atomic mass is 9.98. The zero-order chi connectivity index (χ0) is 15.9. The van der Waals surface area contributed by atoms with Gasteiger partial charge in [0.25, 0.3) is 5.91 Å². The van der Waals surface area contributed by atoms with Gasteiger partial charge in [0.2, 0.25) is 5.91 Å². The minimum Gasteiger partial charge on any atom is -0.481 e. The summed E-state index contributed by atoms with van der Waals surface area (Å²) in [5.41, 5.74) is 0.471. The maximum absolute atomic E-state index is 12.8. The SMILES string of the molecule is C[C@@]12CCC(=O)N1c1ccccc1C(=O)N2CCCC(=O)O. The average molecular weight is 302 g/mol. The monoisotopic (exact) mass is 302 g/mol. The van der Waals surface area contributed by atoms with E-state index in [-0.39, 0.29) is 18.2 Å². The second kappa shape index (κ2) is 5.12. The van der Waals surface area contributed by atoms with E-state index >= 15 is 0 Å². The first-order valence-corrected chi connectivity index (χ1v) is 7.41. The molecule has 0 saturated carbocycles. The maximum Gasteiger partial charge on any atom is 0.303 e. The van der Waals surface area contributed by atoms with Crippen molar-refractivity contribution in [2.45, 2.75) is 38.3 Å². The number of hydrogen-bond acceptors (Lipinski definition) is 3. The molecule has 3 rings (SSSR count). The number of para-hydroxylation sites is 1. The van der Waals surface area contributed by atoms with Crippen molar-refractivity contribution in [1.29, 1.82) is 0 Å². The summed E-state index contributed by atoms with van der Waals surface area (Å²) in [6.07, 6.45) is 1.35. The first-order chi connectivity index (χ1) is 10.4. The summed E-state index contributed by atoms with van der Waals surface area (Å²) in [6.45, 7) is 2.21. The number of anilines is 1. The average Bonchev–Trinajstić information content (AvgIpc) is 2.79. The molecule has 2 aliphatic heterocycles. The Morgan fingerprint density at radius 3 is 2.77 bits per heavy atom. The van der Waals surface area contributed by atoms with Gasteiger partial charge >= 0.3 is 5.97 Å². The Bertz CT molecular complexity index is 657. The normalized spacial score (nSPS) is 23.5. The third kappa shape index (κ3) is 2.06. The standard InChI is InChI=1S/C16H18N2O4/c1-16-9-8-13(19)18(16)12-6-3-2-5-11(12)15(22)17(16)10-4-7-14(20)21/h2-3,5-6H,4,7-10H2,1H3,(H,20,21)/t16-/m0/s1. The van der Waals surface area contributed by atoms with E-state index in [9.17, 15) is 14.4 Å². The van der Waals surface area contributed by atoms with Crippen molar-refractivity contribution in [2.75, 3.05) is 11.4 Å². The molecule has 0 radical (unpaired) electrons. The Hall–Kier alpha value is -2.37. The molecule has 0 spiro atoms. The van der Waals surface area contributed by atoms with Gasteiger partial charge in [0.15, 0.2) is 0 Å². The highest BCUT2D eigenvalue weighted by Crippen LogP contribution is 2.43. The highest BCUT2D eigenvalue weighted by molar-refractivity contribution is 6.10. The molecule has 1 N–H and O–H groups in total. The van der Waals surface area contributed by atoms with Crippen molar-refractivity contribution in [2.24, 2.45) is 0 Å². The number of rotatable bonds is 4. The summed E-state index contributed by atoms with van der Waals surface area (Å²) in [7, 11) is 0. The van der Waals surface area contributed by atoms with Crippen LogP contribution in [0.5, 0.6) is 0 Å². The van der Waals surface area contributed by atoms with Crippen LogP contribution >= 0.6 is 0 Å². The van der Waals surface area contributed by atoms with Gasteiger partial charge in [-0.25, -0.2) is 0 Å². The Balaban J connectivity index is 1.99. The van der Waals surface area contributed by atoms with Crippen LogP contribution in [-0.4, -0.2) is 40.0 Å². The molecule has 2 aliphatic rings. The van der Waals surface area contributed by atoms with Gasteiger partial charge in [0.05, 0.1) is 11.3 Å². The van der Waals surface area contributed by atoms with Gasteiger partial charge in [-0.05, 0) is 31.9 Å². The topological polar surface area (TPSA) is 77.9 Å². The van der Waals surface area contributed by atoms with Gasteiger partial charge in [0.1, 0.15) is 5.66 Å². The van der Waals surface area contributed by atoms with Gasteiger partial charge in [0, 0.05) is 19.4 Å². The first kappa shape index (κ1) is 14.6. The van der Waals surface area contributed by atoms with Crippen LogP contribution in [0, 0.1) is 0 Å². The van der Waals surface area contributed by atoms with Crippen LogP contribution in [0.4, 0.5) is 5.69 Å². The van der Waals surface area contributed by atoms with Gasteiger partial charge in [-0.15, -0.1) is 0 Å².